The molecule has 0 saturated heterocycles. The lowest BCUT2D eigenvalue weighted by Crippen LogP contribution is -1.98. The Balaban J connectivity index is 2.86. The van der Waals surface area contributed by atoms with E-state index in [2.05, 4.69) is 0 Å². The van der Waals surface area contributed by atoms with Crippen LogP contribution in [-0.2, 0) is 9.53 Å². The molecule has 0 saturated carbocycles. The van der Waals surface area contributed by atoms with E-state index in [4.69, 9.17) is 33.7 Å². The van der Waals surface area contributed by atoms with Gasteiger partial charge in [0.25, 0.3) is 0 Å². The quantitative estimate of drug-likeness (QED) is 0.516. The summed E-state index contributed by atoms with van der Waals surface area (Å²) in [6.45, 7) is 2.08. The summed E-state index contributed by atoms with van der Waals surface area (Å²) in [5.74, 6) is -0.411. The van der Waals surface area contributed by atoms with Gasteiger partial charge in [-0.25, -0.2) is 4.79 Å². The van der Waals surface area contributed by atoms with Crippen LogP contribution in [-0.4, -0.2) is 12.6 Å². The fourth-order valence-electron chi connectivity index (χ4n) is 1.05. The number of halogens is 2. The molecule has 0 atom stereocenters. The zero-order chi connectivity index (χ0) is 12.1. The van der Waals surface area contributed by atoms with Gasteiger partial charge in [0.1, 0.15) is 0 Å². The average Bonchev–Trinajstić information content (AvgIpc) is 2.23. The third-order valence-electron chi connectivity index (χ3n) is 1.80. The Morgan fingerprint density at radius 1 is 1.44 bits per heavy atom. The van der Waals surface area contributed by atoms with Crippen molar-refractivity contribution in [2.75, 3.05) is 12.3 Å². The predicted octanol–water partition coefficient (Wildman–Crippen LogP) is 3.15. The second-order valence-corrected chi connectivity index (χ2v) is 3.80. The summed E-state index contributed by atoms with van der Waals surface area (Å²) in [5.41, 5.74) is 6.60. The smallest absolute Gasteiger partial charge is 0.330 e. The Bertz CT molecular complexity index is 407. The molecule has 0 aliphatic heterocycles. The second kappa shape index (κ2) is 5.77. The lowest BCUT2D eigenvalue weighted by molar-refractivity contribution is -0.137. The molecule has 5 heteroatoms. The van der Waals surface area contributed by atoms with E-state index in [-0.39, 0.29) is 0 Å². The number of hydrogen-bond acceptors (Lipinski definition) is 3. The van der Waals surface area contributed by atoms with Gasteiger partial charge in [0.2, 0.25) is 0 Å². The van der Waals surface area contributed by atoms with Gasteiger partial charge in [-0.15, -0.1) is 0 Å². The van der Waals surface area contributed by atoms with E-state index in [9.17, 15) is 4.79 Å². The zero-order valence-electron chi connectivity index (χ0n) is 8.67. The Kier molecular flexibility index (Phi) is 4.65. The summed E-state index contributed by atoms with van der Waals surface area (Å²) in [4.78, 5) is 11.1. The maximum Gasteiger partial charge on any atom is 0.330 e. The van der Waals surface area contributed by atoms with Crippen LogP contribution in [0.3, 0.4) is 0 Å². The van der Waals surface area contributed by atoms with E-state index >= 15 is 0 Å². The highest BCUT2D eigenvalue weighted by molar-refractivity contribution is 6.39. The first-order chi connectivity index (χ1) is 7.54. The number of carbonyl (C=O) groups is 1. The number of benzene rings is 1. The maximum atomic E-state index is 11.1. The summed E-state index contributed by atoms with van der Waals surface area (Å²) >= 11 is 11.7. The largest absolute Gasteiger partial charge is 0.463 e. The highest BCUT2D eigenvalue weighted by Crippen LogP contribution is 2.29. The van der Waals surface area contributed by atoms with E-state index < -0.39 is 5.97 Å². The summed E-state index contributed by atoms with van der Waals surface area (Å²) in [7, 11) is 0. The highest BCUT2D eigenvalue weighted by atomic mass is 35.5. The zero-order valence-corrected chi connectivity index (χ0v) is 10.2. The Hall–Kier alpha value is -1.19. The Labute approximate surface area is 104 Å². The van der Waals surface area contributed by atoms with Gasteiger partial charge < -0.3 is 10.5 Å². The fraction of sp³-hybridized carbons (Fsp3) is 0.182. The van der Waals surface area contributed by atoms with E-state index in [1.165, 1.54) is 6.08 Å². The van der Waals surface area contributed by atoms with Crippen LogP contribution >= 0.6 is 23.2 Å². The van der Waals surface area contributed by atoms with Crippen LogP contribution in [0.2, 0.25) is 10.0 Å². The molecular formula is C11H11Cl2NO2. The van der Waals surface area contributed by atoms with Crippen molar-refractivity contribution < 1.29 is 9.53 Å². The van der Waals surface area contributed by atoms with Crippen LogP contribution in [0.4, 0.5) is 5.69 Å². The molecule has 1 rings (SSSR count). The molecule has 1 aromatic rings. The second-order valence-electron chi connectivity index (χ2n) is 2.98. The van der Waals surface area contributed by atoms with Crippen molar-refractivity contribution in [2.24, 2.45) is 0 Å². The molecule has 0 unspecified atom stereocenters. The van der Waals surface area contributed by atoms with Gasteiger partial charge in [0, 0.05) is 6.08 Å². The number of rotatable bonds is 3. The van der Waals surface area contributed by atoms with Gasteiger partial charge in [0.15, 0.2) is 0 Å². The normalized spacial score (nSPS) is 10.7. The van der Waals surface area contributed by atoms with Crippen molar-refractivity contribution in [3.05, 3.63) is 33.8 Å². The van der Waals surface area contributed by atoms with Gasteiger partial charge in [0.05, 0.1) is 22.3 Å². The highest BCUT2D eigenvalue weighted by Gasteiger charge is 2.03. The molecule has 0 fully saturated rings. The minimum atomic E-state index is -0.411. The van der Waals surface area contributed by atoms with Crippen molar-refractivity contribution in [1.82, 2.24) is 0 Å². The average molecular weight is 260 g/mol. The van der Waals surface area contributed by atoms with Crippen LogP contribution in [0.5, 0.6) is 0 Å². The minimum absolute atomic E-state index is 0.330. The third-order valence-corrected chi connectivity index (χ3v) is 2.43. The van der Waals surface area contributed by atoms with Crippen molar-refractivity contribution in [3.8, 4) is 0 Å². The molecular weight excluding hydrogens is 249 g/mol. The van der Waals surface area contributed by atoms with Gasteiger partial charge in [-0.1, -0.05) is 23.2 Å². The molecule has 0 amide bonds. The molecule has 0 aliphatic carbocycles. The monoisotopic (exact) mass is 259 g/mol. The number of nitrogens with two attached hydrogens (primary N) is 1. The summed E-state index contributed by atoms with van der Waals surface area (Å²) < 4.78 is 4.73. The van der Waals surface area contributed by atoms with Gasteiger partial charge in [-0.05, 0) is 30.7 Å². The first kappa shape index (κ1) is 12.9. The van der Waals surface area contributed by atoms with Crippen LogP contribution in [0.1, 0.15) is 12.5 Å². The number of hydrogen-bond donors (Lipinski definition) is 1. The van der Waals surface area contributed by atoms with Crippen molar-refractivity contribution in [2.45, 2.75) is 6.92 Å². The van der Waals surface area contributed by atoms with Crippen LogP contribution < -0.4 is 5.73 Å². The van der Waals surface area contributed by atoms with E-state index in [1.807, 2.05) is 0 Å². The van der Waals surface area contributed by atoms with Gasteiger partial charge in [-0.2, -0.15) is 0 Å². The number of nitrogen functional groups attached to an aromatic ring is 1. The number of anilines is 1. The molecule has 0 aromatic heterocycles. The van der Waals surface area contributed by atoms with Crippen molar-refractivity contribution in [3.63, 3.8) is 0 Å². The predicted molar refractivity (Wildman–Crippen MR) is 66.5 cm³/mol. The molecule has 16 heavy (non-hydrogen) atoms. The molecule has 0 radical (unpaired) electrons. The summed E-state index contributed by atoms with van der Waals surface area (Å²) in [5, 5.41) is 0.715. The number of esters is 1. The maximum absolute atomic E-state index is 11.1. The van der Waals surface area contributed by atoms with Crippen LogP contribution in [0.15, 0.2) is 18.2 Å². The van der Waals surface area contributed by atoms with Crippen LogP contribution in [0.25, 0.3) is 6.08 Å². The standard InChI is InChI=1S/C11H11Cl2NO2/c1-2-16-10(15)4-3-7-5-8(12)11(14)9(13)6-7/h3-6H,2,14H2,1H3. The molecule has 0 aliphatic rings. The van der Waals surface area contributed by atoms with E-state index in [0.717, 1.165) is 0 Å². The molecule has 0 spiro atoms. The molecule has 0 heterocycles. The first-order valence-corrected chi connectivity index (χ1v) is 5.39. The Morgan fingerprint density at radius 3 is 2.50 bits per heavy atom. The lowest BCUT2D eigenvalue weighted by atomic mass is 10.2. The van der Waals surface area contributed by atoms with Crippen molar-refractivity contribution in [1.29, 1.82) is 0 Å². The molecule has 2 N–H and O–H groups in total. The molecule has 0 bridgehead atoms. The fourth-order valence-corrected chi connectivity index (χ4v) is 1.56. The molecule has 1 aromatic carbocycles. The Morgan fingerprint density at radius 2 is 2.00 bits per heavy atom. The SMILES string of the molecule is CCOC(=O)C=Cc1cc(Cl)c(N)c(Cl)c1. The lowest BCUT2D eigenvalue weighted by Gasteiger charge is -2.02. The van der Waals surface area contributed by atoms with Crippen LogP contribution in [0, 0.1) is 0 Å². The molecule has 86 valence electrons. The number of ether oxygens (including phenoxy) is 1. The van der Waals surface area contributed by atoms with E-state index in [1.54, 1.807) is 25.1 Å². The molecule has 3 nitrogen and oxygen atoms in total. The summed E-state index contributed by atoms with van der Waals surface area (Å²) in [6.07, 6.45) is 2.87. The van der Waals surface area contributed by atoms with Gasteiger partial charge >= 0.3 is 5.97 Å². The number of carbonyl (C=O) groups excluding carboxylic acids is 1. The topological polar surface area (TPSA) is 52.3 Å². The van der Waals surface area contributed by atoms with Crippen molar-refractivity contribution >= 4 is 40.9 Å². The van der Waals surface area contributed by atoms with E-state index in [0.29, 0.717) is 27.9 Å². The van der Waals surface area contributed by atoms with Gasteiger partial charge in [-0.3, -0.25) is 0 Å². The summed E-state index contributed by atoms with van der Waals surface area (Å²) in [6, 6.07) is 3.25. The first-order valence-electron chi connectivity index (χ1n) is 4.64. The third kappa shape index (κ3) is 3.43. The minimum Gasteiger partial charge on any atom is -0.463 e.